The van der Waals surface area contributed by atoms with E-state index in [9.17, 15) is 4.79 Å². The van der Waals surface area contributed by atoms with Crippen LogP contribution in [0.3, 0.4) is 0 Å². The van der Waals surface area contributed by atoms with Crippen molar-refractivity contribution >= 4 is 57.1 Å². The molecule has 0 aliphatic heterocycles. The fourth-order valence-electron chi connectivity index (χ4n) is 1.29. The number of aliphatic hydroxyl groups excluding tert-OH is 1. The van der Waals surface area contributed by atoms with Crippen molar-refractivity contribution in [3.8, 4) is 0 Å². The normalized spacial score (nSPS) is 10.7. The summed E-state index contributed by atoms with van der Waals surface area (Å²) in [6, 6.07) is 0. The number of H-pyrrole nitrogens is 1. The first-order valence-corrected chi connectivity index (χ1v) is 6.71. The Kier molecular flexibility index (Phi) is 8.72. The summed E-state index contributed by atoms with van der Waals surface area (Å²) in [6.07, 6.45) is 1.43. The molecule has 14 heteroatoms. The van der Waals surface area contributed by atoms with Gasteiger partial charge in [-0.25, -0.2) is 4.98 Å². The van der Waals surface area contributed by atoms with Crippen LogP contribution in [-0.4, -0.2) is 84.9 Å². The van der Waals surface area contributed by atoms with Crippen LogP contribution in [0.2, 0.25) is 0 Å². The van der Waals surface area contributed by atoms with Crippen LogP contribution in [0.1, 0.15) is 0 Å². The van der Waals surface area contributed by atoms with Crippen molar-refractivity contribution in [1.29, 1.82) is 0 Å². The monoisotopic (exact) mass is 347 g/mol. The van der Waals surface area contributed by atoms with E-state index in [1.165, 1.54) is 10.9 Å². The van der Waals surface area contributed by atoms with Crippen molar-refractivity contribution in [3.05, 3.63) is 16.7 Å². The average molecular weight is 347 g/mol. The molecule has 0 amide bonds. The van der Waals surface area contributed by atoms with Gasteiger partial charge in [-0.05, 0) is 0 Å². The summed E-state index contributed by atoms with van der Waals surface area (Å²) in [5.74, 6) is 0.0291. The number of nitrogens with zero attached hydrogens (tertiary/aromatic N) is 3. The minimum absolute atomic E-state index is 0. The molecule has 0 fully saturated rings. The fourth-order valence-corrected chi connectivity index (χ4v) is 1.29. The number of anilines is 1. The van der Waals surface area contributed by atoms with Gasteiger partial charge in [-0.3, -0.25) is 23.5 Å². The van der Waals surface area contributed by atoms with Gasteiger partial charge < -0.3 is 15.6 Å². The first-order valence-electron chi connectivity index (χ1n) is 5.31. The number of ether oxygens (including phenoxy) is 1. The van der Waals surface area contributed by atoms with E-state index in [2.05, 4.69) is 15.0 Å². The molecular weight excluding hydrogens is 333 g/mol. The Morgan fingerprint density at radius 2 is 2.00 bits per heavy atom. The van der Waals surface area contributed by atoms with Gasteiger partial charge in [0.1, 0.15) is 6.73 Å². The molecule has 6 N–H and O–H groups in total. The van der Waals surface area contributed by atoms with E-state index < -0.39 is 10.4 Å². The van der Waals surface area contributed by atoms with Gasteiger partial charge in [-0.2, -0.15) is 13.4 Å². The molecular formula is C8H14N5NaO7S. The fraction of sp³-hybridized carbons (Fsp3) is 0.375. The van der Waals surface area contributed by atoms with Gasteiger partial charge >= 0.3 is 40.0 Å². The molecule has 0 bridgehead atoms. The molecule has 0 unspecified atom stereocenters. The van der Waals surface area contributed by atoms with Crippen LogP contribution in [0.25, 0.3) is 11.2 Å². The number of rotatable bonds is 4. The molecule has 0 saturated heterocycles. The first kappa shape index (κ1) is 20.9. The van der Waals surface area contributed by atoms with Gasteiger partial charge in [-0.1, -0.05) is 0 Å². The Morgan fingerprint density at radius 3 is 2.55 bits per heavy atom. The number of nitrogens with two attached hydrogens (primary N) is 1. The van der Waals surface area contributed by atoms with E-state index in [1.807, 2.05) is 0 Å². The number of imidazole rings is 1. The molecule has 2 aromatic heterocycles. The van der Waals surface area contributed by atoms with Gasteiger partial charge in [0.25, 0.3) is 5.56 Å². The third-order valence-corrected chi connectivity index (χ3v) is 1.96. The van der Waals surface area contributed by atoms with E-state index in [1.54, 1.807) is 0 Å². The van der Waals surface area contributed by atoms with Gasteiger partial charge in [-0.15, -0.1) is 0 Å². The molecule has 120 valence electrons. The van der Waals surface area contributed by atoms with E-state index in [4.69, 9.17) is 33.1 Å². The van der Waals surface area contributed by atoms with Crippen molar-refractivity contribution in [2.24, 2.45) is 0 Å². The molecule has 2 heterocycles. The Labute approximate surface area is 146 Å². The predicted octanol–water partition coefficient (Wildman–Crippen LogP) is -2.63. The van der Waals surface area contributed by atoms with E-state index in [0.717, 1.165) is 0 Å². The summed E-state index contributed by atoms with van der Waals surface area (Å²) in [7, 11) is -4.67. The zero-order valence-electron chi connectivity index (χ0n) is 10.5. The molecule has 0 aromatic carbocycles. The molecule has 2 aromatic rings. The third kappa shape index (κ3) is 7.28. The van der Waals surface area contributed by atoms with Crippen LogP contribution < -0.4 is 11.3 Å². The Hall–Kier alpha value is -1.06. The standard InChI is InChI=1S/C8H11N5O3.Na.H2O4S.H/c9-8-11-6-5(7(15)12-8)10-3-13(6)4-16-2-1-14;;1-5(2,3)4;/h3,14H,1-2,4H2,(H3,9,11,12,15);;(H2,1,2,3,4);. The average Bonchev–Trinajstić information content (AvgIpc) is 2.71. The van der Waals surface area contributed by atoms with Crippen molar-refractivity contribution in [1.82, 2.24) is 19.5 Å². The van der Waals surface area contributed by atoms with Crippen LogP contribution in [0.5, 0.6) is 0 Å². The number of aromatic amines is 1. The summed E-state index contributed by atoms with van der Waals surface area (Å²) in [5.41, 5.74) is 5.60. The summed E-state index contributed by atoms with van der Waals surface area (Å²) >= 11 is 0. The topological polar surface area (TPSA) is 194 Å². The third-order valence-electron chi connectivity index (χ3n) is 1.96. The van der Waals surface area contributed by atoms with E-state index in [-0.39, 0.29) is 66.5 Å². The number of aromatic nitrogens is 4. The maximum atomic E-state index is 11.4. The van der Waals surface area contributed by atoms with Gasteiger partial charge in [0, 0.05) is 0 Å². The van der Waals surface area contributed by atoms with Crippen LogP contribution in [0, 0.1) is 0 Å². The van der Waals surface area contributed by atoms with Gasteiger partial charge in [0.15, 0.2) is 11.2 Å². The number of nitrogen functional groups attached to an aromatic ring is 1. The van der Waals surface area contributed by atoms with Crippen molar-refractivity contribution in [2.75, 3.05) is 18.9 Å². The molecule has 0 spiro atoms. The SMILES string of the molecule is Nc1nc2c(ncn2COCCO)c(=O)[nH]1.O=S(=O)(O)O.[NaH]. The van der Waals surface area contributed by atoms with Crippen molar-refractivity contribution in [3.63, 3.8) is 0 Å². The van der Waals surface area contributed by atoms with Crippen LogP contribution in [0.4, 0.5) is 5.95 Å². The number of hydrogen-bond donors (Lipinski definition) is 5. The number of nitrogens with one attached hydrogen (secondary N) is 1. The Balaban J connectivity index is 0.000000644. The first-order chi connectivity index (χ1) is 9.72. The molecule has 0 aliphatic carbocycles. The second kappa shape index (κ2) is 9.16. The Bertz CT molecular complexity index is 750. The second-order valence-corrected chi connectivity index (χ2v) is 4.44. The second-order valence-electron chi connectivity index (χ2n) is 3.55. The van der Waals surface area contributed by atoms with Crippen molar-refractivity contribution in [2.45, 2.75) is 6.73 Å². The molecule has 0 aliphatic rings. The predicted molar refractivity (Wildman–Crippen MR) is 76.9 cm³/mol. The number of fused-ring (bicyclic) bond motifs is 1. The summed E-state index contributed by atoms with van der Waals surface area (Å²) in [6.45, 7) is 0.300. The zero-order valence-corrected chi connectivity index (χ0v) is 11.3. The summed E-state index contributed by atoms with van der Waals surface area (Å²) in [5, 5.41) is 8.56. The number of hydrogen-bond acceptors (Lipinski definition) is 8. The number of aliphatic hydroxyl groups is 1. The summed E-state index contributed by atoms with van der Waals surface area (Å²) in [4.78, 5) is 21.6. The summed E-state index contributed by atoms with van der Waals surface area (Å²) < 4.78 is 38.2. The molecule has 0 saturated carbocycles. The molecule has 22 heavy (non-hydrogen) atoms. The molecule has 2 rings (SSSR count). The quantitative estimate of drug-likeness (QED) is 0.222. The van der Waals surface area contributed by atoms with Crippen LogP contribution in [-0.2, 0) is 21.9 Å². The zero-order chi connectivity index (χ0) is 16.0. The van der Waals surface area contributed by atoms with Gasteiger partial charge in [0.2, 0.25) is 5.95 Å². The van der Waals surface area contributed by atoms with Crippen LogP contribution >= 0.6 is 0 Å². The van der Waals surface area contributed by atoms with E-state index >= 15 is 0 Å². The minimum atomic E-state index is -4.67. The maximum absolute atomic E-state index is 11.4. The van der Waals surface area contributed by atoms with E-state index in [0.29, 0.717) is 5.65 Å². The van der Waals surface area contributed by atoms with Crippen molar-refractivity contribution < 1.29 is 27.4 Å². The molecule has 0 atom stereocenters. The Morgan fingerprint density at radius 1 is 1.41 bits per heavy atom. The van der Waals surface area contributed by atoms with Crippen LogP contribution in [0.15, 0.2) is 11.1 Å². The molecule has 0 radical (unpaired) electrons. The van der Waals surface area contributed by atoms with Gasteiger partial charge in [0.05, 0.1) is 19.5 Å². The molecule has 12 nitrogen and oxygen atoms in total.